The van der Waals surface area contributed by atoms with Gasteiger partial charge >= 0.3 is 0 Å². The van der Waals surface area contributed by atoms with E-state index >= 15 is 0 Å². The highest BCUT2D eigenvalue weighted by molar-refractivity contribution is 5.89. The van der Waals surface area contributed by atoms with E-state index in [4.69, 9.17) is 24.1 Å². The Balaban J connectivity index is 1.69. The van der Waals surface area contributed by atoms with Crippen LogP contribution in [0.15, 0.2) is 45.3 Å². The highest BCUT2D eigenvalue weighted by Crippen LogP contribution is 2.39. The van der Waals surface area contributed by atoms with Crippen LogP contribution in [0.3, 0.4) is 0 Å². The number of aromatic hydroxyl groups is 1. The van der Waals surface area contributed by atoms with E-state index < -0.39 is 18.8 Å². The van der Waals surface area contributed by atoms with Crippen LogP contribution in [0.4, 0.5) is 0 Å². The highest BCUT2D eigenvalue weighted by Gasteiger charge is 2.34. The molecule has 0 radical (unpaired) electrons. The van der Waals surface area contributed by atoms with Gasteiger partial charge in [-0.15, -0.1) is 0 Å². The molecule has 5 N–H and O–H groups in total. The number of hydrogen-bond donors (Lipinski definition) is 4. The van der Waals surface area contributed by atoms with Crippen molar-refractivity contribution in [2.45, 2.75) is 19.4 Å². The maximum Gasteiger partial charge on any atom is 0.258 e. The smallest absolute Gasteiger partial charge is 0.258 e. The average Bonchev–Trinajstić information content (AvgIpc) is 3.45. The first-order valence-corrected chi connectivity index (χ1v) is 10.4. The summed E-state index contributed by atoms with van der Waals surface area (Å²) in [5.74, 6) is 1.41. The summed E-state index contributed by atoms with van der Waals surface area (Å²) in [4.78, 5) is 4.46. The zero-order valence-corrected chi connectivity index (χ0v) is 18.2. The zero-order valence-electron chi connectivity index (χ0n) is 18.2. The topological polar surface area (TPSA) is 157 Å². The Labute approximate surface area is 189 Å². The van der Waals surface area contributed by atoms with Crippen LogP contribution in [0.5, 0.6) is 17.2 Å². The molecular formula is C23H25N3O7. The molecule has 0 aliphatic carbocycles. The molecule has 0 spiro atoms. The number of aromatic nitrogens is 2. The summed E-state index contributed by atoms with van der Waals surface area (Å²) in [6, 6.07) is 10.3. The van der Waals surface area contributed by atoms with Crippen LogP contribution < -0.4 is 15.2 Å². The van der Waals surface area contributed by atoms with Crippen molar-refractivity contribution in [3.8, 4) is 40.1 Å². The molecule has 2 aromatic heterocycles. The summed E-state index contributed by atoms with van der Waals surface area (Å²) in [6.45, 7) is 3.55. The van der Waals surface area contributed by atoms with Crippen LogP contribution >= 0.6 is 0 Å². The van der Waals surface area contributed by atoms with Gasteiger partial charge in [0.2, 0.25) is 5.82 Å². The molecule has 0 saturated carbocycles. The fourth-order valence-electron chi connectivity index (χ4n) is 3.40. The number of nitrogens with two attached hydrogens (primary N) is 1. The second-order valence-corrected chi connectivity index (χ2v) is 7.41. The Morgan fingerprint density at radius 2 is 1.67 bits per heavy atom. The van der Waals surface area contributed by atoms with Crippen LogP contribution in [0.25, 0.3) is 33.8 Å². The summed E-state index contributed by atoms with van der Waals surface area (Å²) in [5.41, 5.74) is 5.89. The predicted molar refractivity (Wildman–Crippen MR) is 119 cm³/mol. The number of nitrogens with zero attached hydrogens (tertiary/aromatic N) is 2. The van der Waals surface area contributed by atoms with Crippen molar-refractivity contribution >= 4 is 11.0 Å². The van der Waals surface area contributed by atoms with E-state index in [2.05, 4.69) is 10.1 Å². The Bertz CT molecular complexity index is 1260. The fourth-order valence-corrected chi connectivity index (χ4v) is 3.40. The van der Waals surface area contributed by atoms with E-state index in [1.165, 1.54) is 0 Å². The molecule has 0 atom stereocenters. The van der Waals surface area contributed by atoms with Gasteiger partial charge in [-0.05, 0) is 50.2 Å². The predicted octanol–water partition coefficient (Wildman–Crippen LogP) is 2.79. The summed E-state index contributed by atoms with van der Waals surface area (Å²) < 4.78 is 22.3. The van der Waals surface area contributed by atoms with Gasteiger partial charge in [-0.3, -0.25) is 0 Å². The van der Waals surface area contributed by atoms with E-state index in [1.807, 2.05) is 13.8 Å². The minimum Gasteiger partial charge on any atom is -0.504 e. The van der Waals surface area contributed by atoms with Gasteiger partial charge in [-0.25, -0.2) is 0 Å². The van der Waals surface area contributed by atoms with Gasteiger partial charge in [-0.1, -0.05) is 5.16 Å². The Kier molecular flexibility index (Phi) is 6.23. The van der Waals surface area contributed by atoms with Crippen molar-refractivity contribution in [1.29, 1.82) is 0 Å². The summed E-state index contributed by atoms with van der Waals surface area (Å²) in [7, 11) is 0. The molecule has 2 heterocycles. The minimum absolute atomic E-state index is 0.105. The largest absolute Gasteiger partial charge is 0.504 e. The maximum absolute atomic E-state index is 10.6. The Hall–Kier alpha value is -3.60. The molecule has 0 unspecified atom stereocenters. The molecular weight excluding hydrogens is 430 g/mol. The van der Waals surface area contributed by atoms with E-state index in [9.17, 15) is 15.3 Å². The first-order valence-electron chi connectivity index (χ1n) is 10.4. The SMILES string of the molecule is CCOc1ccc(-c2nc(-c3ccc4oc(C(N)(CO)CO)c(O)c4c3)no2)cc1OCC. The minimum atomic E-state index is -1.62. The lowest BCUT2D eigenvalue weighted by molar-refractivity contribution is 0.102. The van der Waals surface area contributed by atoms with E-state index in [0.717, 1.165) is 0 Å². The van der Waals surface area contributed by atoms with Crippen molar-refractivity contribution in [3.63, 3.8) is 0 Å². The van der Waals surface area contributed by atoms with E-state index in [-0.39, 0.29) is 17.4 Å². The van der Waals surface area contributed by atoms with Gasteiger partial charge in [0.15, 0.2) is 23.0 Å². The van der Waals surface area contributed by atoms with Gasteiger partial charge in [-0.2, -0.15) is 4.98 Å². The highest BCUT2D eigenvalue weighted by atomic mass is 16.5. The molecule has 10 heteroatoms. The number of ether oxygens (including phenoxy) is 2. The first kappa shape index (κ1) is 22.6. The van der Waals surface area contributed by atoms with Crippen LogP contribution in [-0.2, 0) is 5.54 Å². The number of benzene rings is 2. The van der Waals surface area contributed by atoms with Crippen LogP contribution in [0, 0.1) is 0 Å². The molecule has 174 valence electrons. The Morgan fingerprint density at radius 3 is 2.36 bits per heavy atom. The van der Waals surface area contributed by atoms with Crippen molar-refractivity contribution in [1.82, 2.24) is 10.1 Å². The molecule has 10 nitrogen and oxygen atoms in total. The van der Waals surface area contributed by atoms with Crippen LogP contribution in [0.1, 0.15) is 19.6 Å². The Morgan fingerprint density at radius 1 is 0.970 bits per heavy atom. The monoisotopic (exact) mass is 455 g/mol. The summed E-state index contributed by atoms with van der Waals surface area (Å²) in [5, 5.41) is 34.0. The lowest BCUT2D eigenvalue weighted by Gasteiger charge is -2.21. The number of hydrogen-bond acceptors (Lipinski definition) is 10. The average molecular weight is 455 g/mol. The summed E-state index contributed by atoms with van der Waals surface area (Å²) >= 11 is 0. The van der Waals surface area contributed by atoms with Gasteiger partial charge in [0.05, 0.1) is 31.8 Å². The zero-order chi connectivity index (χ0) is 23.6. The third kappa shape index (κ3) is 4.11. The summed E-state index contributed by atoms with van der Waals surface area (Å²) in [6.07, 6.45) is 0. The van der Waals surface area contributed by atoms with E-state index in [1.54, 1.807) is 36.4 Å². The van der Waals surface area contributed by atoms with Crippen molar-refractivity contribution in [2.75, 3.05) is 26.4 Å². The number of rotatable bonds is 9. The first-order chi connectivity index (χ1) is 15.9. The molecule has 4 aromatic rings. The van der Waals surface area contributed by atoms with Crippen LogP contribution in [-0.4, -0.2) is 51.9 Å². The van der Waals surface area contributed by atoms with Gasteiger partial charge in [0.25, 0.3) is 5.89 Å². The third-order valence-electron chi connectivity index (χ3n) is 5.15. The second-order valence-electron chi connectivity index (χ2n) is 7.41. The molecule has 0 amide bonds. The molecule has 33 heavy (non-hydrogen) atoms. The third-order valence-corrected chi connectivity index (χ3v) is 5.15. The van der Waals surface area contributed by atoms with E-state index in [0.29, 0.717) is 52.6 Å². The lowest BCUT2D eigenvalue weighted by atomic mass is 9.98. The molecule has 0 saturated heterocycles. The fraction of sp³-hybridized carbons (Fsp3) is 0.304. The van der Waals surface area contributed by atoms with Crippen molar-refractivity contribution < 1.29 is 33.7 Å². The normalized spacial score (nSPS) is 11.8. The van der Waals surface area contributed by atoms with Crippen molar-refractivity contribution in [3.05, 3.63) is 42.2 Å². The number of furan rings is 1. The number of fused-ring (bicyclic) bond motifs is 1. The second kappa shape index (κ2) is 9.10. The van der Waals surface area contributed by atoms with Gasteiger partial charge in [0.1, 0.15) is 11.1 Å². The maximum atomic E-state index is 10.6. The molecule has 4 rings (SSSR count). The van der Waals surface area contributed by atoms with Crippen molar-refractivity contribution in [2.24, 2.45) is 5.73 Å². The quantitative estimate of drug-likeness (QED) is 0.296. The number of aliphatic hydroxyl groups excluding tert-OH is 2. The standard InChI is InChI=1S/C23H25N3O7/c1-3-30-17-8-6-14(10-18(17)31-4-2)22-25-21(26-33-22)13-5-7-16-15(9-13)19(29)20(32-16)23(24,11-27)12-28/h5-10,27-29H,3-4,11-12,24H2,1-2H3. The van der Waals surface area contributed by atoms with Crippen LogP contribution in [0.2, 0.25) is 0 Å². The number of aliphatic hydroxyl groups is 2. The molecule has 0 bridgehead atoms. The molecule has 2 aromatic carbocycles. The van der Waals surface area contributed by atoms with Gasteiger partial charge in [0, 0.05) is 11.1 Å². The molecule has 0 aliphatic rings. The van der Waals surface area contributed by atoms with Gasteiger partial charge < -0.3 is 39.5 Å². The molecule has 0 fully saturated rings. The molecule has 0 aliphatic heterocycles. The lowest BCUT2D eigenvalue weighted by Crippen LogP contribution is -2.43.